The summed E-state index contributed by atoms with van der Waals surface area (Å²) in [5, 5.41) is 30.1. The minimum atomic E-state index is -0.828. The molecular weight excluding hydrogens is 683 g/mol. The highest BCUT2D eigenvalue weighted by Gasteiger charge is 2.58. The molecule has 6 rings (SSSR count). The van der Waals surface area contributed by atoms with Gasteiger partial charge in [0.15, 0.2) is 0 Å². The molecule has 11 heteroatoms. The van der Waals surface area contributed by atoms with Crippen LogP contribution in [0.25, 0.3) is 0 Å². The highest BCUT2D eigenvalue weighted by Crippen LogP contribution is 2.61. The second kappa shape index (κ2) is 17.7. The molecule has 0 radical (unpaired) electrons. The first kappa shape index (κ1) is 43.8. The molecule has 0 aromatic heterocycles. The summed E-state index contributed by atoms with van der Waals surface area (Å²) in [4.78, 5) is 39.3. The maximum atomic E-state index is 14.3. The molecule has 6 fully saturated rings. The summed E-state index contributed by atoms with van der Waals surface area (Å²) in [6.45, 7) is 16.5. The first-order valence-corrected chi connectivity index (χ1v) is 21.4. The van der Waals surface area contributed by atoms with Crippen LogP contribution in [0.3, 0.4) is 0 Å². The van der Waals surface area contributed by atoms with Crippen molar-refractivity contribution in [1.29, 1.82) is 0 Å². The standard InChI is InChI=1S/C43H79N5O6/c1-25-34-19-30(43(34,6)7)20-35(25)45-41(52)38-37(26(2)50)36(24-49)54-48(38)22-27-14-13-15-33(39(27)53-12)28-16-29(18-32(17-28)47(10)11)40(51)44-31(23-46(8)9)21-42(3,4)5/h25-39,49-50H,13-24H2,1-12H3,(H,44,51)(H,45,52)/t25-,26-,27?,28?,29?,30+,31-,32?,33?,34-,35-,36-,37+,38-,39?/m0/s1. The molecule has 6 aliphatic rings. The zero-order valence-electron chi connectivity index (χ0n) is 36.0. The van der Waals surface area contributed by atoms with Crippen LogP contribution in [0.1, 0.15) is 106 Å². The Morgan fingerprint density at radius 1 is 1.04 bits per heavy atom. The number of ether oxygens (including phenoxy) is 1. The molecule has 4 N–H and O–H groups in total. The van der Waals surface area contributed by atoms with E-state index < -0.39 is 24.2 Å². The normalized spacial score (nSPS) is 39.6. The lowest BCUT2D eigenvalue weighted by Gasteiger charge is -2.62. The van der Waals surface area contributed by atoms with Crippen LogP contribution >= 0.6 is 0 Å². The Labute approximate surface area is 328 Å². The fourth-order valence-corrected chi connectivity index (χ4v) is 12.1. The number of nitrogens with zero attached hydrogens (tertiary/aromatic N) is 3. The molecule has 0 aromatic rings. The van der Waals surface area contributed by atoms with E-state index in [4.69, 9.17) is 9.57 Å². The van der Waals surface area contributed by atoms with Crippen LogP contribution in [-0.2, 0) is 19.2 Å². The maximum absolute atomic E-state index is 14.3. The van der Waals surface area contributed by atoms with Gasteiger partial charge in [0.25, 0.3) is 0 Å². The third kappa shape index (κ3) is 9.67. The van der Waals surface area contributed by atoms with Crippen molar-refractivity contribution >= 4 is 11.8 Å². The van der Waals surface area contributed by atoms with Crippen molar-refractivity contribution in [3.8, 4) is 0 Å². The van der Waals surface area contributed by atoms with Gasteiger partial charge in [-0.1, -0.05) is 48.0 Å². The van der Waals surface area contributed by atoms with Crippen LogP contribution in [0.4, 0.5) is 0 Å². The number of methoxy groups -OCH3 is 1. The quantitative estimate of drug-likeness (QED) is 0.204. The van der Waals surface area contributed by atoms with Crippen molar-refractivity contribution in [3.05, 3.63) is 0 Å². The predicted molar refractivity (Wildman–Crippen MR) is 213 cm³/mol. The number of amides is 2. The largest absolute Gasteiger partial charge is 0.394 e. The molecule has 2 bridgehead atoms. The van der Waals surface area contributed by atoms with Gasteiger partial charge in [-0.3, -0.25) is 14.4 Å². The van der Waals surface area contributed by atoms with Crippen LogP contribution < -0.4 is 10.6 Å². The number of likely N-dealkylation sites (N-methyl/N-ethyl adjacent to an activating group) is 1. The predicted octanol–water partition coefficient (Wildman–Crippen LogP) is 4.41. The number of hydrogen-bond acceptors (Lipinski definition) is 9. The van der Waals surface area contributed by atoms with E-state index >= 15 is 0 Å². The maximum Gasteiger partial charge on any atom is 0.240 e. The number of aliphatic hydroxyl groups excluding tert-OH is 2. The molecule has 54 heavy (non-hydrogen) atoms. The van der Waals surface area contributed by atoms with E-state index in [1.54, 1.807) is 12.0 Å². The van der Waals surface area contributed by atoms with Gasteiger partial charge in [-0.2, -0.15) is 5.06 Å². The highest BCUT2D eigenvalue weighted by atomic mass is 16.7. The van der Waals surface area contributed by atoms with Gasteiger partial charge >= 0.3 is 0 Å². The van der Waals surface area contributed by atoms with E-state index in [2.05, 4.69) is 90.2 Å². The van der Waals surface area contributed by atoms with Crippen LogP contribution in [0, 0.1) is 58.2 Å². The zero-order valence-corrected chi connectivity index (χ0v) is 36.0. The molecule has 2 amide bonds. The fraction of sp³-hybridized carbons (Fsp3) is 0.953. The minimum absolute atomic E-state index is 0.0612. The van der Waals surface area contributed by atoms with Crippen molar-refractivity contribution in [2.45, 2.75) is 149 Å². The Hall–Kier alpha value is -1.34. The van der Waals surface area contributed by atoms with E-state index in [9.17, 15) is 19.8 Å². The molecule has 0 aromatic carbocycles. The molecule has 1 aliphatic heterocycles. The van der Waals surface area contributed by atoms with E-state index in [1.165, 1.54) is 6.42 Å². The summed E-state index contributed by atoms with van der Waals surface area (Å²) in [6.07, 6.45) is 7.33. The molecule has 1 heterocycles. The van der Waals surface area contributed by atoms with Gasteiger partial charge in [-0.25, -0.2) is 0 Å². The summed E-state index contributed by atoms with van der Waals surface area (Å²) in [5.41, 5.74) is 0.421. The molecule has 5 aliphatic carbocycles. The van der Waals surface area contributed by atoms with Gasteiger partial charge in [0.05, 0.1) is 18.8 Å². The first-order chi connectivity index (χ1) is 25.2. The Balaban J connectivity index is 1.32. The topological polar surface area (TPSA) is 127 Å². The van der Waals surface area contributed by atoms with Crippen molar-refractivity contribution in [2.75, 3.05) is 55.0 Å². The molecular formula is C43H79N5O6. The third-order valence-corrected chi connectivity index (χ3v) is 15.0. The van der Waals surface area contributed by atoms with Crippen LogP contribution in [0.5, 0.6) is 0 Å². The summed E-state index contributed by atoms with van der Waals surface area (Å²) in [7, 11) is 10.2. The minimum Gasteiger partial charge on any atom is -0.394 e. The van der Waals surface area contributed by atoms with Crippen molar-refractivity contribution in [2.24, 2.45) is 58.2 Å². The van der Waals surface area contributed by atoms with Crippen molar-refractivity contribution in [3.63, 3.8) is 0 Å². The van der Waals surface area contributed by atoms with Crippen LogP contribution in [0.2, 0.25) is 0 Å². The average Bonchev–Trinajstić information content (AvgIpc) is 3.46. The van der Waals surface area contributed by atoms with E-state index in [0.29, 0.717) is 41.7 Å². The third-order valence-electron chi connectivity index (χ3n) is 15.0. The van der Waals surface area contributed by atoms with Gasteiger partial charge < -0.3 is 35.4 Å². The van der Waals surface area contributed by atoms with Crippen LogP contribution in [-0.4, -0.2) is 134 Å². The molecule has 1 saturated heterocycles. The lowest BCUT2D eigenvalue weighted by Crippen LogP contribution is -2.62. The lowest BCUT2D eigenvalue weighted by molar-refractivity contribution is -0.193. The molecule has 6 unspecified atom stereocenters. The summed E-state index contributed by atoms with van der Waals surface area (Å²) in [6, 6.07) is -0.215. The monoisotopic (exact) mass is 762 g/mol. The summed E-state index contributed by atoms with van der Waals surface area (Å²) >= 11 is 0. The summed E-state index contributed by atoms with van der Waals surface area (Å²) in [5.74, 6) is 1.73. The van der Waals surface area contributed by atoms with Crippen LogP contribution in [0.15, 0.2) is 0 Å². The number of fused-ring (bicyclic) bond motifs is 2. The number of carbonyl (C=O) groups excluding carboxylic acids is 2. The summed E-state index contributed by atoms with van der Waals surface area (Å²) < 4.78 is 6.43. The SMILES string of the molecule is COC1C(CN2O[C@@H](CO)[C@@H]([C@H](C)O)[C@H]2C(=O)N[C@H]2C[C@H]3C[C@@H]([C@@H]2C)C3(C)C)CCCC1C1CC(C(=O)N[C@H](CN(C)C)CC(C)(C)C)CC(N(C)C)C1. The number of aliphatic hydroxyl groups is 2. The zero-order chi connectivity index (χ0) is 39.9. The van der Waals surface area contributed by atoms with Gasteiger partial charge in [-0.15, -0.1) is 0 Å². The molecule has 0 spiro atoms. The second-order valence-corrected chi connectivity index (χ2v) is 20.8. The number of carbonyl (C=O) groups is 2. The molecule has 15 atom stereocenters. The highest BCUT2D eigenvalue weighted by molar-refractivity contribution is 5.83. The molecule has 312 valence electrons. The average molecular weight is 762 g/mol. The van der Waals surface area contributed by atoms with Gasteiger partial charge in [-0.05, 0) is 127 Å². The number of hydroxylamine groups is 2. The van der Waals surface area contributed by atoms with E-state index in [-0.39, 0.29) is 59.8 Å². The molecule has 5 saturated carbocycles. The van der Waals surface area contributed by atoms with Gasteiger partial charge in [0.1, 0.15) is 12.1 Å². The van der Waals surface area contributed by atoms with Gasteiger partial charge in [0.2, 0.25) is 11.8 Å². The lowest BCUT2D eigenvalue weighted by atomic mass is 9.45. The number of hydrogen-bond donors (Lipinski definition) is 4. The number of nitrogens with one attached hydrogen (secondary N) is 2. The van der Waals surface area contributed by atoms with E-state index in [1.807, 2.05) is 7.11 Å². The Kier molecular flexibility index (Phi) is 14.3. The Morgan fingerprint density at radius 2 is 1.74 bits per heavy atom. The van der Waals surface area contributed by atoms with E-state index in [0.717, 1.165) is 57.9 Å². The number of rotatable bonds is 14. The smallest absolute Gasteiger partial charge is 0.240 e. The Bertz CT molecular complexity index is 1260. The Morgan fingerprint density at radius 3 is 2.30 bits per heavy atom. The molecule has 11 nitrogen and oxygen atoms in total. The van der Waals surface area contributed by atoms with Gasteiger partial charge in [0, 0.05) is 56.1 Å². The second-order valence-electron chi connectivity index (χ2n) is 20.8. The fourth-order valence-electron chi connectivity index (χ4n) is 12.1. The van der Waals surface area contributed by atoms with Crippen molar-refractivity contribution in [1.82, 2.24) is 25.5 Å². The first-order valence-electron chi connectivity index (χ1n) is 21.4. The van der Waals surface area contributed by atoms with Crippen molar-refractivity contribution < 1.29 is 29.4 Å².